The SMILES string of the molecule is COC(c1ccccc1)c1cc(=O)[nH]c(=S)[nH]1. The molecule has 1 atom stereocenters. The molecule has 1 unspecified atom stereocenters. The number of rotatable bonds is 3. The van der Waals surface area contributed by atoms with Crippen molar-refractivity contribution >= 4 is 12.2 Å². The van der Waals surface area contributed by atoms with Gasteiger partial charge in [-0.2, -0.15) is 0 Å². The summed E-state index contributed by atoms with van der Waals surface area (Å²) in [5.41, 5.74) is 1.38. The van der Waals surface area contributed by atoms with E-state index in [-0.39, 0.29) is 11.7 Å². The minimum Gasteiger partial charge on any atom is -0.370 e. The Kier molecular flexibility index (Phi) is 3.51. The van der Waals surface area contributed by atoms with Crippen LogP contribution in [0.1, 0.15) is 17.4 Å². The van der Waals surface area contributed by atoms with Gasteiger partial charge in [0, 0.05) is 13.2 Å². The van der Waals surface area contributed by atoms with Crippen LogP contribution in [0.3, 0.4) is 0 Å². The van der Waals surface area contributed by atoms with Crippen molar-refractivity contribution in [1.82, 2.24) is 9.97 Å². The van der Waals surface area contributed by atoms with Crippen LogP contribution in [0.2, 0.25) is 0 Å². The van der Waals surface area contributed by atoms with Gasteiger partial charge in [-0.25, -0.2) is 0 Å². The Balaban J connectivity index is 2.49. The van der Waals surface area contributed by atoms with Crippen molar-refractivity contribution < 1.29 is 4.74 Å². The van der Waals surface area contributed by atoms with Crippen molar-refractivity contribution in [3.63, 3.8) is 0 Å². The van der Waals surface area contributed by atoms with Crippen molar-refractivity contribution in [2.24, 2.45) is 0 Å². The van der Waals surface area contributed by atoms with E-state index in [1.165, 1.54) is 6.07 Å². The van der Waals surface area contributed by atoms with Gasteiger partial charge in [0.2, 0.25) is 0 Å². The first-order chi connectivity index (χ1) is 8.20. The predicted octanol–water partition coefficient (Wildman–Crippen LogP) is 2.17. The molecule has 0 saturated heterocycles. The van der Waals surface area contributed by atoms with E-state index in [1.54, 1.807) is 7.11 Å². The zero-order valence-corrected chi connectivity index (χ0v) is 10.1. The highest BCUT2D eigenvalue weighted by atomic mass is 32.1. The highest BCUT2D eigenvalue weighted by Gasteiger charge is 2.13. The number of hydrogen-bond acceptors (Lipinski definition) is 3. The molecule has 17 heavy (non-hydrogen) atoms. The second-order valence-corrected chi connectivity index (χ2v) is 3.98. The van der Waals surface area contributed by atoms with Gasteiger partial charge in [0.15, 0.2) is 4.77 Å². The molecule has 0 aliphatic heterocycles. The number of ether oxygens (including phenoxy) is 1. The summed E-state index contributed by atoms with van der Waals surface area (Å²) in [4.78, 5) is 16.8. The Hall–Kier alpha value is -1.72. The van der Waals surface area contributed by atoms with Crippen molar-refractivity contribution in [3.8, 4) is 0 Å². The highest BCUT2D eigenvalue weighted by Crippen LogP contribution is 2.22. The summed E-state index contributed by atoms with van der Waals surface area (Å²) in [5, 5.41) is 0. The molecule has 4 nitrogen and oxygen atoms in total. The third-order valence-corrected chi connectivity index (χ3v) is 2.61. The lowest BCUT2D eigenvalue weighted by atomic mass is 10.1. The van der Waals surface area contributed by atoms with Gasteiger partial charge in [-0.15, -0.1) is 0 Å². The number of methoxy groups -OCH3 is 1. The van der Waals surface area contributed by atoms with E-state index in [9.17, 15) is 4.79 Å². The van der Waals surface area contributed by atoms with Crippen molar-refractivity contribution in [2.75, 3.05) is 7.11 Å². The van der Waals surface area contributed by atoms with Crippen LogP contribution in [0.5, 0.6) is 0 Å². The van der Waals surface area contributed by atoms with Crippen LogP contribution in [0.4, 0.5) is 0 Å². The summed E-state index contributed by atoms with van der Waals surface area (Å²) < 4.78 is 5.70. The first-order valence-electron chi connectivity index (χ1n) is 5.12. The van der Waals surface area contributed by atoms with Crippen LogP contribution >= 0.6 is 12.2 Å². The van der Waals surface area contributed by atoms with E-state index in [0.717, 1.165) is 5.56 Å². The molecule has 1 aromatic carbocycles. The van der Waals surface area contributed by atoms with Gasteiger partial charge in [-0.3, -0.25) is 9.78 Å². The topological polar surface area (TPSA) is 57.9 Å². The molecular weight excluding hydrogens is 236 g/mol. The third kappa shape index (κ3) is 2.69. The van der Waals surface area contributed by atoms with E-state index in [4.69, 9.17) is 17.0 Å². The van der Waals surface area contributed by atoms with Crippen molar-refractivity contribution in [1.29, 1.82) is 0 Å². The number of benzene rings is 1. The summed E-state index contributed by atoms with van der Waals surface area (Å²) in [6, 6.07) is 11.1. The third-order valence-electron chi connectivity index (χ3n) is 2.40. The van der Waals surface area contributed by atoms with Gasteiger partial charge < -0.3 is 9.72 Å². The molecule has 2 N–H and O–H groups in total. The minimum atomic E-state index is -0.319. The lowest BCUT2D eigenvalue weighted by molar-refractivity contribution is 0.132. The molecule has 1 heterocycles. The smallest absolute Gasteiger partial charge is 0.251 e. The number of hydrogen-bond donors (Lipinski definition) is 2. The summed E-state index contributed by atoms with van der Waals surface area (Å²) in [7, 11) is 1.59. The molecule has 2 rings (SSSR count). The van der Waals surface area contributed by atoms with E-state index >= 15 is 0 Å². The lowest BCUT2D eigenvalue weighted by Gasteiger charge is -2.15. The van der Waals surface area contributed by atoms with Crippen LogP contribution in [-0.4, -0.2) is 17.1 Å². The van der Waals surface area contributed by atoms with Gasteiger partial charge in [0.05, 0.1) is 5.69 Å². The van der Waals surface area contributed by atoms with Crippen LogP contribution in [0, 0.1) is 4.77 Å². The van der Waals surface area contributed by atoms with Crippen LogP contribution in [-0.2, 0) is 4.74 Å². The van der Waals surface area contributed by atoms with Gasteiger partial charge in [-0.1, -0.05) is 30.3 Å². The molecule has 0 saturated carbocycles. The average molecular weight is 248 g/mol. The Morgan fingerprint density at radius 2 is 1.94 bits per heavy atom. The molecule has 0 aliphatic carbocycles. The molecule has 0 spiro atoms. The number of nitrogens with one attached hydrogen (secondary N) is 2. The monoisotopic (exact) mass is 248 g/mol. The standard InChI is InChI=1S/C12H12N2O2S/c1-16-11(8-5-3-2-4-6-8)9-7-10(15)14-12(17)13-9/h2-7,11H,1H3,(H2,13,14,15,17). The highest BCUT2D eigenvalue weighted by molar-refractivity contribution is 7.71. The Morgan fingerprint density at radius 3 is 2.53 bits per heavy atom. The Morgan fingerprint density at radius 1 is 1.24 bits per heavy atom. The maximum absolute atomic E-state index is 11.4. The maximum Gasteiger partial charge on any atom is 0.251 e. The summed E-state index contributed by atoms with van der Waals surface area (Å²) in [5.74, 6) is 0. The first kappa shape index (κ1) is 11.8. The quantitative estimate of drug-likeness (QED) is 0.818. The van der Waals surface area contributed by atoms with Crippen LogP contribution in [0.25, 0.3) is 0 Å². The second-order valence-electron chi connectivity index (χ2n) is 3.57. The molecule has 0 fully saturated rings. The Labute approximate surface area is 103 Å². The Bertz CT molecular complexity index is 575. The largest absolute Gasteiger partial charge is 0.370 e. The molecule has 0 bridgehead atoms. The average Bonchev–Trinajstić information content (AvgIpc) is 2.30. The fraction of sp³-hybridized carbons (Fsp3) is 0.167. The van der Waals surface area contributed by atoms with Gasteiger partial charge in [0.25, 0.3) is 5.56 Å². The first-order valence-corrected chi connectivity index (χ1v) is 5.53. The van der Waals surface area contributed by atoms with Gasteiger partial charge in [-0.05, 0) is 17.8 Å². The fourth-order valence-electron chi connectivity index (χ4n) is 1.70. The zero-order valence-electron chi connectivity index (χ0n) is 9.27. The van der Waals surface area contributed by atoms with Crippen LogP contribution < -0.4 is 5.56 Å². The predicted molar refractivity (Wildman–Crippen MR) is 67.5 cm³/mol. The molecule has 5 heteroatoms. The van der Waals surface area contributed by atoms with Gasteiger partial charge >= 0.3 is 0 Å². The normalized spacial score (nSPS) is 12.3. The summed E-state index contributed by atoms with van der Waals surface area (Å²) in [6.07, 6.45) is -0.319. The van der Waals surface area contributed by atoms with E-state index < -0.39 is 0 Å². The van der Waals surface area contributed by atoms with Crippen LogP contribution in [0.15, 0.2) is 41.2 Å². The molecule has 0 amide bonds. The van der Waals surface area contributed by atoms with Crippen molar-refractivity contribution in [3.05, 3.63) is 62.8 Å². The molecule has 1 aromatic heterocycles. The maximum atomic E-state index is 11.4. The minimum absolute atomic E-state index is 0.235. The molecule has 88 valence electrons. The summed E-state index contributed by atoms with van der Waals surface area (Å²) in [6.45, 7) is 0. The van der Waals surface area contributed by atoms with E-state index in [1.807, 2.05) is 30.3 Å². The zero-order chi connectivity index (χ0) is 12.3. The number of aromatic nitrogens is 2. The number of aromatic amines is 2. The molecule has 0 radical (unpaired) electrons. The fourth-order valence-corrected chi connectivity index (χ4v) is 1.92. The molecule has 2 aromatic rings. The summed E-state index contributed by atoms with van der Waals surface area (Å²) >= 11 is 4.94. The van der Waals surface area contributed by atoms with Gasteiger partial charge in [0.1, 0.15) is 6.10 Å². The lowest BCUT2D eigenvalue weighted by Crippen LogP contribution is -2.13. The van der Waals surface area contributed by atoms with E-state index in [0.29, 0.717) is 10.5 Å². The molecule has 0 aliphatic rings. The second kappa shape index (κ2) is 5.07. The number of H-pyrrole nitrogens is 2. The van der Waals surface area contributed by atoms with E-state index in [2.05, 4.69) is 9.97 Å². The molecular formula is C12H12N2O2S. The van der Waals surface area contributed by atoms with Crippen molar-refractivity contribution in [2.45, 2.75) is 6.10 Å².